The third-order valence-electron chi connectivity index (χ3n) is 6.93. The molecular weight excluding hydrogens is 534 g/mol. The molecule has 2 aromatic carbocycles. The number of hydrogen-bond donors (Lipinski definition) is 5. The Kier molecular flexibility index (Phi) is 7.10. The molecule has 0 saturated heterocycles. The summed E-state index contributed by atoms with van der Waals surface area (Å²) in [5.41, 5.74) is 3.92. The largest absolute Gasteiger partial charge is 0.481 e. The maximum Gasteiger partial charge on any atom is 0.303 e. The lowest BCUT2D eigenvalue weighted by atomic mass is 10.0. The number of aliphatic carboxylic acids is 1. The molecular formula is C30H24F2N4O5. The first-order valence-corrected chi connectivity index (χ1v) is 12.6. The minimum Gasteiger partial charge on any atom is -0.481 e. The number of H-pyrrole nitrogens is 2. The Balaban J connectivity index is 1.40. The van der Waals surface area contributed by atoms with E-state index in [0.29, 0.717) is 40.7 Å². The Hall–Kier alpha value is -5.32. The van der Waals surface area contributed by atoms with Crippen LogP contribution in [0.5, 0.6) is 0 Å². The van der Waals surface area contributed by atoms with Gasteiger partial charge >= 0.3 is 5.97 Å². The van der Waals surface area contributed by atoms with Gasteiger partial charge < -0.3 is 25.7 Å². The molecule has 41 heavy (non-hydrogen) atoms. The van der Waals surface area contributed by atoms with Crippen molar-refractivity contribution in [3.63, 3.8) is 0 Å². The molecule has 1 aliphatic heterocycles. The number of nitrogens with one attached hydrogen (secondary N) is 4. The molecule has 9 nitrogen and oxygen atoms in total. The summed E-state index contributed by atoms with van der Waals surface area (Å²) in [4.78, 5) is 55.7. The third kappa shape index (κ3) is 5.42. The van der Waals surface area contributed by atoms with Crippen LogP contribution >= 0.6 is 0 Å². The van der Waals surface area contributed by atoms with Gasteiger partial charge in [0.25, 0.3) is 11.8 Å². The number of benzene rings is 2. The number of carboxylic acid groups (broad SMARTS) is 1. The Bertz CT molecular complexity index is 1820. The summed E-state index contributed by atoms with van der Waals surface area (Å²) in [7, 11) is 0. The van der Waals surface area contributed by atoms with E-state index < -0.39 is 28.9 Å². The van der Waals surface area contributed by atoms with Crippen molar-refractivity contribution in [1.29, 1.82) is 0 Å². The average molecular weight is 559 g/mol. The number of fused-ring (bicyclic) bond motifs is 1. The topological polar surface area (TPSA) is 144 Å². The van der Waals surface area contributed by atoms with E-state index in [9.17, 15) is 28.0 Å². The minimum atomic E-state index is -0.892. The maximum atomic E-state index is 13.7. The molecule has 11 heteroatoms. The van der Waals surface area contributed by atoms with Crippen molar-refractivity contribution in [3.8, 4) is 11.1 Å². The standard InChI is InChI=1S/C30H24F2N4O5/c1-14-20(5-6-27(37)38)15(2)34-25(14)11-22-21-4-3-19(10-26(21)36-29(22)40)35-30(41)24-13-33-12-23(28(24)39)16-7-17(31)9-18(32)8-16/h3-4,7-13,34H,5-6H2,1-2H3,(H,33,39)(H,35,41)(H,36,40)(H,37,38)/b22-11-. The molecule has 2 aromatic heterocycles. The fourth-order valence-corrected chi connectivity index (χ4v) is 4.90. The lowest BCUT2D eigenvalue weighted by molar-refractivity contribution is -0.137. The summed E-state index contributed by atoms with van der Waals surface area (Å²) in [6, 6.07) is 7.46. The van der Waals surface area contributed by atoms with Gasteiger partial charge in [0.1, 0.15) is 17.2 Å². The fourth-order valence-electron chi connectivity index (χ4n) is 4.90. The Morgan fingerprint density at radius 1 is 1.00 bits per heavy atom. The number of aromatic nitrogens is 2. The number of pyridine rings is 1. The van der Waals surface area contributed by atoms with Gasteiger partial charge in [0.2, 0.25) is 5.43 Å². The van der Waals surface area contributed by atoms with E-state index in [-0.39, 0.29) is 29.0 Å². The molecule has 1 aliphatic rings. The molecule has 0 bridgehead atoms. The van der Waals surface area contributed by atoms with Gasteiger partial charge in [-0.25, -0.2) is 8.78 Å². The molecule has 0 radical (unpaired) electrons. The van der Waals surface area contributed by atoms with E-state index in [0.717, 1.165) is 29.0 Å². The summed E-state index contributed by atoms with van der Waals surface area (Å²) >= 11 is 0. The number of aromatic amines is 2. The average Bonchev–Trinajstić information content (AvgIpc) is 3.35. The van der Waals surface area contributed by atoms with Crippen LogP contribution in [-0.4, -0.2) is 32.9 Å². The van der Waals surface area contributed by atoms with Crippen LogP contribution in [0.1, 0.15) is 44.9 Å². The van der Waals surface area contributed by atoms with Gasteiger partial charge in [0.15, 0.2) is 0 Å². The van der Waals surface area contributed by atoms with Gasteiger partial charge in [0.05, 0.1) is 11.3 Å². The molecule has 4 aromatic rings. The van der Waals surface area contributed by atoms with Gasteiger partial charge in [-0.3, -0.25) is 19.2 Å². The first kappa shape index (κ1) is 27.3. The summed E-state index contributed by atoms with van der Waals surface area (Å²) in [5.74, 6) is -3.72. The van der Waals surface area contributed by atoms with Crippen molar-refractivity contribution in [3.05, 3.63) is 104 Å². The van der Waals surface area contributed by atoms with Crippen LogP contribution in [0.15, 0.2) is 53.6 Å². The van der Waals surface area contributed by atoms with E-state index in [1.165, 1.54) is 12.4 Å². The SMILES string of the molecule is Cc1[nH]c(/C=C2\C(=O)Nc3cc(NC(=O)c4c[nH]cc(-c5cc(F)cc(F)c5)c4=O)ccc32)c(C)c1CCC(=O)O. The van der Waals surface area contributed by atoms with Gasteiger partial charge in [-0.1, -0.05) is 6.07 Å². The predicted octanol–water partition coefficient (Wildman–Crippen LogP) is 5.03. The van der Waals surface area contributed by atoms with Crippen molar-refractivity contribution in [2.24, 2.45) is 0 Å². The van der Waals surface area contributed by atoms with Gasteiger partial charge in [-0.05, 0) is 67.3 Å². The molecule has 5 N–H and O–H groups in total. The number of carboxylic acids is 1. The maximum absolute atomic E-state index is 13.7. The Morgan fingerprint density at radius 2 is 1.73 bits per heavy atom. The van der Waals surface area contributed by atoms with E-state index in [1.807, 2.05) is 13.8 Å². The molecule has 0 atom stereocenters. The molecule has 0 spiro atoms. The Labute approximate surface area is 231 Å². The van der Waals surface area contributed by atoms with Crippen molar-refractivity contribution in [1.82, 2.24) is 9.97 Å². The summed E-state index contributed by atoms with van der Waals surface area (Å²) in [5, 5.41) is 14.4. The van der Waals surface area contributed by atoms with Gasteiger partial charge in [-0.15, -0.1) is 0 Å². The first-order chi connectivity index (χ1) is 19.5. The van der Waals surface area contributed by atoms with Crippen LogP contribution < -0.4 is 16.1 Å². The molecule has 208 valence electrons. The van der Waals surface area contributed by atoms with E-state index in [1.54, 1.807) is 24.3 Å². The quantitative estimate of drug-likeness (QED) is 0.202. The molecule has 3 heterocycles. The zero-order valence-electron chi connectivity index (χ0n) is 21.9. The van der Waals surface area contributed by atoms with Crippen molar-refractivity contribution in [2.45, 2.75) is 26.7 Å². The highest BCUT2D eigenvalue weighted by molar-refractivity contribution is 6.35. The van der Waals surface area contributed by atoms with Crippen LogP contribution in [0, 0.1) is 25.5 Å². The second-order valence-corrected chi connectivity index (χ2v) is 9.66. The number of amides is 2. The van der Waals surface area contributed by atoms with E-state index in [2.05, 4.69) is 20.6 Å². The van der Waals surface area contributed by atoms with Crippen molar-refractivity contribution >= 4 is 40.8 Å². The number of anilines is 2. The number of halogens is 2. The monoisotopic (exact) mass is 558 g/mol. The highest BCUT2D eigenvalue weighted by Crippen LogP contribution is 2.36. The smallest absolute Gasteiger partial charge is 0.303 e. The van der Waals surface area contributed by atoms with Crippen LogP contribution in [0.2, 0.25) is 0 Å². The number of carbonyl (C=O) groups is 3. The number of rotatable bonds is 7. The zero-order valence-corrected chi connectivity index (χ0v) is 21.9. The zero-order chi connectivity index (χ0) is 29.4. The molecule has 2 amide bonds. The lowest BCUT2D eigenvalue weighted by Gasteiger charge is -2.08. The lowest BCUT2D eigenvalue weighted by Crippen LogP contribution is -2.22. The van der Waals surface area contributed by atoms with Crippen LogP contribution in [0.3, 0.4) is 0 Å². The summed E-state index contributed by atoms with van der Waals surface area (Å²) < 4.78 is 27.4. The summed E-state index contributed by atoms with van der Waals surface area (Å²) in [6.07, 6.45) is 4.51. The molecule has 0 unspecified atom stereocenters. The highest BCUT2D eigenvalue weighted by Gasteiger charge is 2.26. The van der Waals surface area contributed by atoms with E-state index in [4.69, 9.17) is 5.11 Å². The van der Waals surface area contributed by atoms with E-state index >= 15 is 0 Å². The predicted molar refractivity (Wildman–Crippen MR) is 150 cm³/mol. The summed E-state index contributed by atoms with van der Waals surface area (Å²) in [6.45, 7) is 3.71. The minimum absolute atomic E-state index is 0.00706. The van der Waals surface area contributed by atoms with Crippen LogP contribution in [0.25, 0.3) is 22.8 Å². The highest BCUT2D eigenvalue weighted by atomic mass is 19.1. The Morgan fingerprint density at radius 3 is 2.44 bits per heavy atom. The number of hydrogen-bond acceptors (Lipinski definition) is 4. The molecule has 5 rings (SSSR count). The van der Waals surface area contributed by atoms with Crippen LogP contribution in [0.4, 0.5) is 20.2 Å². The number of aryl methyl sites for hydroxylation is 1. The fraction of sp³-hybridized carbons (Fsp3) is 0.133. The van der Waals surface area contributed by atoms with Crippen LogP contribution in [-0.2, 0) is 16.0 Å². The number of carbonyl (C=O) groups excluding carboxylic acids is 2. The molecule has 0 fully saturated rings. The molecule has 0 aliphatic carbocycles. The van der Waals surface area contributed by atoms with Crippen molar-refractivity contribution < 1.29 is 28.3 Å². The van der Waals surface area contributed by atoms with Gasteiger partial charge in [0, 0.05) is 53.1 Å². The molecule has 0 saturated carbocycles. The van der Waals surface area contributed by atoms with Gasteiger partial charge in [-0.2, -0.15) is 0 Å². The second-order valence-electron chi connectivity index (χ2n) is 9.66. The normalized spacial score (nSPS) is 13.3. The first-order valence-electron chi connectivity index (χ1n) is 12.6. The third-order valence-corrected chi connectivity index (χ3v) is 6.93. The second kappa shape index (κ2) is 10.7. The van der Waals surface area contributed by atoms with Crippen molar-refractivity contribution in [2.75, 3.05) is 10.6 Å².